The lowest BCUT2D eigenvalue weighted by molar-refractivity contribution is 0.890. The van der Waals surface area contributed by atoms with Gasteiger partial charge in [-0.2, -0.15) is 0 Å². The number of rotatable bonds is 0. The lowest BCUT2D eigenvalue weighted by Crippen LogP contribution is -1.97. The second-order valence-corrected chi connectivity index (χ2v) is 4.28. The van der Waals surface area contributed by atoms with Crippen molar-refractivity contribution in [2.24, 2.45) is 0 Å². The number of fused-ring (bicyclic) bond motifs is 1. The van der Waals surface area contributed by atoms with Gasteiger partial charge in [0.25, 0.3) is 0 Å². The van der Waals surface area contributed by atoms with Gasteiger partial charge in [-0.15, -0.1) is 11.8 Å². The summed E-state index contributed by atoms with van der Waals surface area (Å²) < 4.78 is 0. The SMILES string of the molecule is Clc1ccc2c(c1)CCCS2. The van der Waals surface area contributed by atoms with Crippen LogP contribution in [0.4, 0.5) is 0 Å². The van der Waals surface area contributed by atoms with Crippen LogP contribution < -0.4 is 0 Å². The van der Waals surface area contributed by atoms with Gasteiger partial charge in [-0.1, -0.05) is 11.6 Å². The van der Waals surface area contributed by atoms with Gasteiger partial charge in [-0.3, -0.25) is 0 Å². The average Bonchev–Trinajstić information content (AvgIpc) is 2.04. The summed E-state index contributed by atoms with van der Waals surface area (Å²) in [6.45, 7) is 0. The quantitative estimate of drug-likeness (QED) is 0.596. The van der Waals surface area contributed by atoms with E-state index in [2.05, 4.69) is 12.1 Å². The van der Waals surface area contributed by atoms with Gasteiger partial charge in [-0.25, -0.2) is 0 Å². The summed E-state index contributed by atoms with van der Waals surface area (Å²) in [5.41, 5.74) is 1.42. The molecule has 0 saturated heterocycles. The molecule has 0 saturated carbocycles. The molecule has 11 heavy (non-hydrogen) atoms. The predicted octanol–water partition coefficient (Wildman–Crippen LogP) is 3.38. The van der Waals surface area contributed by atoms with Crippen LogP contribution in [0.25, 0.3) is 0 Å². The van der Waals surface area contributed by atoms with Gasteiger partial charge in [0.2, 0.25) is 0 Å². The van der Waals surface area contributed by atoms with Gasteiger partial charge >= 0.3 is 0 Å². The Labute approximate surface area is 75.9 Å². The standard InChI is InChI=1S/C9H9ClS/c10-8-3-4-9-7(6-8)2-1-5-11-9/h3-4,6H,1-2,5H2. The third-order valence-electron chi connectivity index (χ3n) is 1.87. The zero-order valence-electron chi connectivity index (χ0n) is 6.14. The number of halogens is 1. The minimum Gasteiger partial charge on any atom is -0.126 e. The number of hydrogen-bond acceptors (Lipinski definition) is 1. The fourth-order valence-electron chi connectivity index (χ4n) is 1.33. The van der Waals surface area contributed by atoms with Crippen LogP contribution in [0, 0.1) is 0 Å². The number of benzene rings is 1. The Morgan fingerprint density at radius 3 is 3.18 bits per heavy atom. The molecule has 2 heteroatoms. The van der Waals surface area contributed by atoms with Crippen LogP contribution >= 0.6 is 23.4 Å². The molecule has 1 aliphatic rings. The Morgan fingerprint density at radius 1 is 1.36 bits per heavy atom. The molecule has 1 aromatic carbocycles. The van der Waals surface area contributed by atoms with E-state index in [4.69, 9.17) is 11.6 Å². The van der Waals surface area contributed by atoms with Crippen molar-refractivity contribution in [3.63, 3.8) is 0 Å². The highest BCUT2D eigenvalue weighted by Crippen LogP contribution is 2.31. The minimum atomic E-state index is 0.867. The molecular formula is C9H9ClS. The van der Waals surface area contributed by atoms with Crippen molar-refractivity contribution < 1.29 is 0 Å². The summed E-state index contributed by atoms with van der Waals surface area (Å²) in [7, 11) is 0. The normalized spacial score (nSPS) is 16.1. The molecule has 0 aliphatic carbocycles. The zero-order valence-corrected chi connectivity index (χ0v) is 7.71. The summed E-state index contributed by atoms with van der Waals surface area (Å²) in [6.07, 6.45) is 2.49. The first-order chi connectivity index (χ1) is 5.36. The molecule has 0 aromatic heterocycles. The smallest absolute Gasteiger partial charge is 0.0409 e. The van der Waals surface area contributed by atoms with Gasteiger partial charge in [0.05, 0.1) is 0 Å². The van der Waals surface area contributed by atoms with Crippen molar-refractivity contribution in [2.45, 2.75) is 17.7 Å². The summed E-state index contributed by atoms with van der Waals surface area (Å²) in [6, 6.07) is 6.18. The van der Waals surface area contributed by atoms with E-state index in [9.17, 15) is 0 Å². The lowest BCUT2D eigenvalue weighted by Gasteiger charge is -2.14. The maximum Gasteiger partial charge on any atom is 0.0409 e. The molecule has 1 aromatic rings. The molecule has 0 amide bonds. The number of hydrogen-bond donors (Lipinski definition) is 0. The second kappa shape index (κ2) is 3.08. The molecule has 0 unspecified atom stereocenters. The highest BCUT2D eigenvalue weighted by Gasteiger charge is 2.08. The maximum absolute atomic E-state index is 5.87. The van der Waals surface area contributed by atoms with Gasteiger partial charge < -0.3 is 0 Å². The fraction of sp³-hybridized carbons (Fsp3) is 0.333. The lowest BCUT2D eigenvalue weighted by atomic mass is 10.1. The van der Waals surface area contributed by atoms with Gasteiger partial charge in [-0.05, 0) is 42.4 Å². The van der Waals surface area contributed by atoms with Crippen LogP contribution in [0.15, 0.2) is 23.1 Å². The summed E-state index contributed by atoms with van der Waals surface area (Å²) >= 11 is 7.81. The van der Waals surface area contributed by atoms with E-state index in [1.165, 1.54) is 29.1 Å². The second-order valence-electron chi connectivity index (χ2n) is 2.70. The Kier molecular flexibility index (Phi) is 2.10. The summed E-state index contributed by atoms with van der Waals surface area (Å²) in [5, 5.41) is 0.867. The van der Waals surface area contributed by atoms with Crippen molar-refractivity contribution in [3.05, 3.63) is 28.8 Å². The molecule has 0 fully saturated rings. The Balaban J connectivity index is 2.43. The molecule has 0 spiro atoms. The van der Waals surface area contributed by atoms with Gasteiger partial charge in [0.1, 0.15) is 0 Å². The molecule has 0 atom stereocenters. The highest BCUT2D eigenvalue weighted by atomic mass is 35.5. The summed E-state index contributed by atoms with van der Waals surface area (Å²) in [5.74, 6) is 1.26. The van der Waals surface area contributed by atoms with E-state index in [1.807, 2.05) is 17.8 Å². The van der Waals surface area contributed by atoms with E-state index < -0.39 is 0 Å². The number of aryl methyl sites for hydroxylation is 1. The average molecular weight is 185 g/mol. The molecule has 58 valence electrons. The van der Waals surface area contributed by atoms with Gasteiger partial charge in [0.15, 0.2) is 0 Å². The van der Waals surface area contributed by atoms with Crippen molar-refractivity contribution in [3.8, 4) is 0 Å². The van der Waals surface area contributed by atoms with E-state index in [1.54, 1.807) is 0 Å². The van der Waals surface area contributed by atoms with E-state index >= 15 is 0 Å². The van der Waals surface area contributed by atoms with Crippen LogP contribution in [0.3, 0.4) is 0 Å². The maximum atomic E-state index is 5.87. The first-order valence-corrected chi connectivity index (χ1v) is 5.14. The van der Waals surface area contributed by atoms with Crippen molar-refractivity contribution in [1.29, 1.82) is 0 Å². The number of thioether (sulfide) groups is 1. The Bertz CT molecular complexity index is 270. The minimum absolute atomic E-state index is 0.867. The summed E-state index contributed by atoms with van der Waals surface area (Å²) in [4.78, 5) is 1.42. The fourth-order valence-corrected chi connectivity index (χ4v) is 2.54. The van der Waals surface area contributed by atoms with Gasteiger partial charge in [0, 0.05) is 9.92 Å². The molecule has 0 nitrogen and oxygen atoms in total. The zero-order chi connectivity index (χ0) is 7.68. The van der Waals surface area contributed by atoms with Crippen LogP contribution in [0.2, 0.25) is 5.02 Å². The third-order valence-corrected chi connectivity index (χ3v) is 3.31. The van der Waals surface area contributed by atoms with E-state index in [0.717, 1.165) is 5.02 Å². The Morgan fingerprint density at radius 2 is 2.27 bits per heavy atom. The van der Waals surface area contributed by atoms with Crippen molar-refractivity contribution in [1.82, 2.24) is 0 Å². The monoisotopic (exact) mass is 184 g/mol. The topological polar surface area (TPSA) is 0 Å². The molecule has 0 bridgehead atoms. The predicted molar refractivity (Wildman–Crippen MR) is 50.5 cm³/mol. The Hall–Kier alpha value is -0.140. The molecule has 0 radical (unpaired) electrons. The van der Waals surface area contributed by atoms with Crippen molar-refractivity contribution >= 4 is 23.4 Å². The molecule has 1 heterocycles. The van der Waals surface area contributed by atoms with Crippen LogP contribution in [-0.4, -0.2) is 5.75 Å². The van der Waals surface area contributed by atoms with Crippen LogP contribution in [-0.2, 0) is 6.42 Å². The molecular weight excluding hydrogens is 176 g/mol. The third kappa shape index (κ3) is 1.54. The van der Waals surface area contributed by atoms with E-state index in [0.29, 0.717) is 0 Å². The van der Waals surface area contributed by atoms with E-state index in [-0.39, 0.29) is 0 Å². The molecule has 2 rings (SSSR count). The van der Waals surface area contributed by atoms with Crippen LogP contribution in [0.5, 0.6) is 0 Å². The largest absolute Gasteiger partial charge is 0.126 e. The highest BCUT2D eigenvalue weighted by molar-refractivity contribution is 7.99. The first kappa shape index (κ1) is 7.51. The van der Waals surface area contributed by atoms with Crippen molar-refractivity contribution in [2.75, 3.05) is 5.75 Å². The molecule has 0 N–H and O–H groups in total. The molecule has 1 aliphatic heterocycles. The first-order valence-electron chi connectivity index (χ1n) is 3.77. The van der Waals surface area contributed by atoms with Crippen LogP contribution in [0.1, 0.15) is 12.0 Å².